The van der Waals surface area contributed by atoms with Gasteiger partial charge in [0.25, 0.3) is 17.7 Å². The number of hydrogen-bond donors (Lipinski definition) is 3. The van der Waals surface area contributed by atoms with Gasteiger partial charge in [0.15, 0.2) is 5.54 Å². The molecule has 36 heavy (non-hydrogen) atoms. The van der Waals surface area contributed by atoms with E-state index in [1.807, 2.05) is 0 Å². The zero-order chi connectivity index (χ0) is 28.1. The van der Waals surface area contributed by atoms with Crippen LogP contribution in [-0.4, -0.2) is 87.6 Å². The summed E-state index contributed by atoms with van der Waals surface area (Å²) < 4.78 is 0. The third-order valence-electron chi connectivity index (χ3n) is 5.43. The second kappa shape index (κ2) is 16.3. The molecule has 0 bridgehead atoms. The molecule has 0 rings (SSSR count). The van der Waals surface area contributed by atoms with Crippen molar-refractivity contribution in [3.8, 4) is 0 Å². The molecule has 0 aromatic carbocycles. The monoisotopic (exact) mass is 554 g/mol. The summed E-state index contributed by atoms with van der Waals surface area (Å²) in [5, 5.41) is 6.23. The largest absolute Gasteiger partial charge is 0.368 e. The Bertz CT molecular complexity index is 789. The van der Waals surface area contributed by atoms with E-state index in [4.69, 9.17) is 40.4 Å². The SMILES string of the molecule is CCCN(C(=O)[C@@](N)(CCCC(N)C(=O)N(CCCl)N=O)C(=O)N(CCCl)N=O)[C@H](C(N)=O)C(C)C. The molecule has 1 unspecified atom stereocenters. The maximum atomic E-state index is 13.7. The van der Waals surface area contributed by atoms with Crippen molar-refractivity contribution in [2.45, 2.75) is 64.1 Å². The minimum atomic E-state index is -2.35. The first-order chi connectivity index (χ1) is 16.9. The third kappa shape index (κ3) is 8.91. The van der Waals surface area contributed by atoms with Crippen molar-refractivity contribution in [3.05, 3.63) is 9.81 Å². The number of alkyl halides is 2. The van der Waals surface area contributed by atoms with Gasteiger partial charge in [-0.2, -0.15) is 10.0 Å². The lowest BCUT2D eigenvalue weighted by molar-refractivity contribution is -0.154. The van der Waals surface area contributed by atoms with Crippen LogP contribution in [0.4, 0.5) is 0 Å². The smallest absolute Gasteiger partial charge is 0.275 e. The Morgan fingerprint density at radius 3 is 1.89 bits per heavy atom. The predicted molar refractivity (Wildman–Crippen MR) is 135 cm³/mol. The number of nitrogens with two attached hydrogens (primary N) is 3. The molecule has 0 saturated carbocycles. The van der Waals surface area contributed by atoms with Gasteiger partial charge in [-0.25, -0.2) is 0 Å². The molecule has 0 aliphatic heterocycles. The summed E-state index contributed by atoms with van der Waals surface area (Å²) in [5.74, 6) is -4.27. The summed E-state index contributed by atoms with van der Waals surface area (Å²) in [4.78, 5) is 74.8. The maximum absolute atomic E-state index is 13.7. The quantitative estimate of drug-likeness (QED) is 0.0930. The number of nitrogens with zero attached hydrogens (tertiary/aromatic N) is 5. The van der Waals surface area contributed by atoms with Crippen molar-refractivity contribution >= 4 is 46.8 Å². The fourth-order valence-corrected chi connectivity index (χ4v) is 4.01. The number of hydrogen-bond acceptors (Lipinski definition) is 10. The van der Waals surface area contributed by atoms with E-state index < -0.39 is 47.2 Å². The minimum Gasteiger partial charge on any atom is -0.368 e. The Balaban J connectivity index is 6.14. The standard InChI is InChI=1S/C20H36Cl2N8O6/c1-4-10-28(15(13(2)3)16(24)31)18(33)20(25,19(34)30(27-36)12-9-22)7-5-6-14(23)17(32)29(26-35)11-8-21/h13-15H,4-12,23,25H2,1-3H3,(H2,24,31)/t14?,15-,20-/m0/s1. The molecule has 14 nitrogen and oxygen atoms in total. The minimum absolute atomic E-state index is 0.0433. The zero-order valence-electron chi connectivity index (χ0n) is 20.8. The number of nitroso groups, excluding NO2 is 2. The van der Waals surface area contributed by atoms with Crippen LogP contribution >= 0.6 is 23.2 Å². The highest BCUT2D eigenvalue weighted by atomic mass is 35.5. The highest BCUT2D eigenvalue weighted by molar-refractivity contribution is 6.18. The first-order valence-corrected chi connectivity index (χ1v) is 12.5. The van der Waals surface area contributed by atoms with E-state index in [1.165, 1.54) is 0 Å². The van der Waals surface area contributed by atoms with E-state index in [1.54, 1.807) is 20.8 Å². The molecule has 6 N–H and O–H groups in total. The van der Waals surface area contributed by atoms with Crippen molar-refractivity contribution in [1.82, 2.24) is 14.9 Å². The molecule has 16 heteroatoms. The topological polar surface area (TPSA) is 215 Å². The first kappa shape index (κ1) is 33.6. The van der Waals surface area contributed by atoms with Crippen LogP contribution in [0.3, 0.4) is 0 Å². The van der Waals surface area contributed by atoms with E-state index in [2.05, 4.69) is 10.6 Å². The molecule has 0 spiro atoms. The molecular weight excluding hydrogens is 519 g/mol. The fourth-order valence-electron chi connectivity index (χ4n) is 3.69. The van der Waals surface area contributed by atoms with Gasteiger partial charge >= 0.3 is 0 Å². The van der Waals surface area contributed by atoms with Gasteiger partial charge in [0.2, 0.25) is 5.91 Å². The number of carbonyl (C=O) groups excluding carboxylic acids is 4. The van der Waals surface area contributed by atoms with Crippen LogP contribution < -0.4 is 17.2 Å². The molecule has 3 atom stereocenters. The molecule has 0 aromatic rings. The van der Waals surface area contributed by atoms with Gasteiger partial charge in [0.05, 0.1) is 29.7 Å². The van der Waals surface area contributed by atoms with Crippen molar-refractivity contribution in [1.29, 1.82) is 0 Å². The number of amides is 4. The summed E-state index contributed by atoms with van der Waals surface area (Å²) in [7, 11) is 0. The molecule has 0 aliphatic rings. The van der Waals surface area contributed by atoms with Crippen LogP contribution in [-0.2, 0) is 19.2 Å². The molecule has 0 fully saturated rings. The Morgan fingerprint density at radius 1 is 0.944 bits per heavy atom. The lowest BCUT2D eigenvalue weighted by Crippen LogP contribution is -2.67. The first-order valence-electron chi connectivity index (χ1n) is 11.4. The Morgan fingerprint density at radius 2 is 1.47 bits per heavy atom. The van der Waals surface area contributed by atoms with Gasteiger partial charge in [-0.15, -0.1) is 33.0 Å². The zero-order valence-corrected chi connectivity index (χ0v) is 22.3. The average molecular weight is 555 g/mol. The number of rotatable bonds is 18. The van der Waals surface area contributed by atoms with Gasteiger partial charge in [0, 0.05) is 18.3 Å². The summed E-state index contributed by atoms with van der Waals surface area (Å²) in [6.07, 6.45) is -0.0924. The highest BCUT2D eigenvalue weighted by Crippen LogP contribution is 2.23. The van der Waals surface area contributed by atoms with Crippen LogP contribution in [0.2, 0.25) is 0 Å². The molecule has 0 heterocycles. The van der Waals surface area contributed by atoms with Gasteiger partial charge in [0.1, 0.15) is 6.04 Å². The normalized spacial score (nSPS) is 14.3. The summed E-state index contributed by atoms with van der Waals surface area (Å²) in [6, 6.07) is -2.28. The van der Waals surface area contributed by atoms with Gasteiger partial charge < -0.3 is 22.1 Å². The van der Waals surface area contributed by atoms with E-state index in [0.29, 0.717) is 16.4 Å². The highest BCUT2D eigenvalue weighted by Gasteiger charge is 2.49. The van der Waals surface area contributed by atoms with Crippen LogP contribution in [0.25, 0.3) is 0 Å². The Hall–Kier alpha value is -2.42. The van der Waals surface area contributed by atoms with Crippen LogP contribution in [0.15, 0.2) is 10.6 Å². The Kier molecular flexibility index (Phi) is 15.3. The number of primary amides is 1. The molecule has 0 aromatic heterocycles. The van der Waals surface area contributed by atoms with E-state index >= 15 is 0 Å². The van der Waals surface area contributed by atoms with E-state index in [9.17, 15) is 29.0 Å². The van der Waals surface area contributed by atoms with E-state index in [0.717, 1.165) is 4.90 Å². The predicted octanol–water partition coefficient (Wildman–Crippen LogP) is 0.428. The molecule has 0 saturated heterocycles. The van der Waals surface area contributed by atoms with Crippen LogP contribution in [0.5, 0.6) is 0 Å². The number of halogens is 2. The summed E-state index contributed by atoms with van der Waals surface area (Å²) in [6.45, 7) is 4.70. The fraction of sp³-hybridized carbons (Fsp3) is 0.800. The van der Waals surface area contributed by atoms with E-state index in [-0.39, 0.29) is 50.7 Å². The lowest BCUT2D eigenvalue weighted by atomic mass is 9.87. The van der Waals surface area contributed by atoms with Gasteiger partial charge in [-0.1, -0.05) is 20.8 Å². The van der Waals surface area contributed by atoms with Crippen LogP contribution in [0, 0.1) is 15.7 Å². The number of carbonyl (C=O) groups is 4. The average Bonchev–Trinajstić information content (AvgIpc) is 2.83. The second-order valence-corrected chi connectivity index (χ2v) is 9.25. The molecule has 4 amide bonds. The van der Waals surface area contributed by atoms with Crippen molar-refractivity contribution in [2.75, 3.05) is 31.4 Å². The lowest BCUT2D eigenvalue weighted by Gasteiger charge is -2.39. The molecule has 0 aliphatic carbocycles. The molecule has 206 valence electrons. The van der Waals surface area contributed by atoms with Crippen LogP contribution in [0.1, 0.15) is 46.5 Å². The van der Waals surface area contributed by atoms with Gasteiger partial charge in [-0.3, -0.25) is 19.2 Å². The molecular formula is C20H36Cl2N8O6. The Labute approximate surface area is 220 Å². The second-order valence-electron chi connectivity index (χ2n) is 8.49. The van der Waals surface area contributed by atoms with Crippen molar-refractivity contribution in [3.63, 3.8) is 0 Å². The third-order valence-corrected chi connectivity index (χ3v) is 5.77. The molecule has 0 radical (unpaired) electrons. The maximum Gasteiger partial charge on any atom is 0.275 e. The van der Waals surface area contributed by atoms with Crippen molar-refractivity contribution in [2.24, 2.45) is 33.7 Å². The summed E-state index contributed by atoms with van der Waals surface area (Å²) >= 11 is 11.2. The summed E-state index contributed by atoms with van der Waals surface area (Å²) in [5.41, 5.74) is 15.4. The van der Waals surface area contributed by atoms with Gasteiger partial charge in [-0.05, 0) is 31.6 Å². The van der Waals surface area contributed by atoms with Crippen molar-refractivity contribution < 1.29 is 19.2 Å².